The molecule has 0 aromatic rings. The van der Waals surface area contributed by atoms with Crippen LogP contribution >= 0.6 is 11.8 Å². The second-order valence-corrected chi connectivity index (χ2v) is 7.01. The summed E-state index contributed by atoms with van der Waals surface area (Å²) in [5.41, 5.74) is 0. The van der Waals surface area contributed by atoms with Crippen LogP contribution in [0.1, 0.15) is 51.4 Å². The summed E-state index contributed by atoms with van der Waals surface area (Å²) in [5, 5.41) is 4.67. The molecule has 2 aliphatic rings. The van der Waals surface area contributed by atoms with Gasteiger partial charge in [-0.15, -0.1) is 0 Å². The van der Waals surface area contributed by atoms with Crippen molar-refractivity contribution in [3.05, 3.63) is 0 Å². The van der Waals surface area contributed by atoms with Gasteiger partial charge < -0.3 is 10.1 Å². The second kappa shape index (κ2) is 8.44. The lowest BCUT2D eigenvalue weighted by Crippen LogP contribution is -2.27. The van der Waals surface area contributed by atoms with Gasteiger partial charge in [-0.3, -0.25) is 0 Å². The fraction of sp³-hybridized carbons (Fsp3) is 1.00. The summed E-state index contributed by atoms with van der Waals surface area (Å²) >= 11 is 2.05. The number of unbranched alkanes of at least 4 members (excludes halogenated alkanes) is 1. The summed E-state index contributed by atoms with van der Waals surface area (Å²) in [4.78, 5) is 0. The lowest BCUT2D eigenvalue weighted by atomic mass is 9.94. The van der Waals surface area contributed by atoms with Crippen molar-refractivity contribution in [2.24, 2.45) is 5.92 Å². The summed E-state index contributed by atoms with van der Waals surface area (Å²) in [6.07, 6.45) is 13.2. The van der Waals surface area contributed by atoms with Gasteiger partial charge in [-0.1, -0.05) is 12.8 Å². The predicted octanol–water partition coefficient (Wildman–Crippen LogP) is 3.46. The van der Waals surface area contributed by atoms with Gasteiger partial charge in [0.05, 0.1) is 0 Å². The van der Waals surface area contributed by atoms with E-state index in [0.29, 0.717) is 0 Å². The Balaban J connectivity index is 1.44. The molecule has 1 saturated heterocycles. The minimum Gasteiger partial charge on any atom is -0.381 e. The molecule has 0 radical (unpaired) electrons. The fourth-order valence-electron chi connectivity index (χ4n) is 3.24. The number of rotatable bonds is 7. The molecule has 1 N–H and O–H groups in total. The van der Waals surface area contributed by atoms with Crippen molar-refractivity contribution in [3.63, 3.8) is 0 Å². The van der Waals surface area contributed by atoms with Crippen LogP contribution in [0.25, 0.3) is 0 Å². The third-order valence-electron chi connectivity index (χ3n) is 4.53. The molecule has 2 fully saturated rings. The number of nitrogens with one attached hydrogen (secondary N) is 1. The highest BCUT2D eigenvalue weighted by atomic mass is 32.2. The first-order chi connectivity index (χ1) is 8.88. The fourth-order valence-corrected chi connectivity index (χ4v) is 4.04. The molecule has 0 amide bonds. The molecule has 3 heteroatoms. The van der Waals surface area contributed by atoms with E-state index in [0.717, 1.165) is 30.4 Å². The molecule has 0 spiro atoms. The van der Waals surface area contributed by atoms with Crippen LogP contribution in [0.15, 0.2) is 0 Å². The van der Waals surface area contributed by atoms with Crippen molar-refractivity contribution in [1.82, 2.24) is 5.32 Å². The molecule has 1 saturated carbocycles. The Bertz CT molecular complexity index is 219. The molecule has 0 aromatic carbocycles. The van der Waals surface area contributed by atoms with Gasteiger partial charge in [0.25, 0.3) is 0 Å². The molecule has 2 unspecified atom stereocenters. The SMILES string of the molecule is CSC1CCC(NCCCCC2CCOCC2)C1. The molecule has 106 valence electrons. The van der Waals surface area contributed by atoms with Crippen LogP contribution in [0.2, 0.25) is 0 Å². The van der Waals surface area contributed by atoms with Crippen LogP contribution in [-0.4, -0.2) is 37.3 Å². The number of hydrogen-bond donors (Lipinski definition) is 1. The van der Waals surface area contributed by atoms with Gasteiger partial charge in [-0.05, 0) is 57.2 Å². The number of hydrogen-bond acceptors (Lipinski definition) is 3. The van der Waals surface area contributed by atoms with Crippen molar-refractivity contribution in [2.45, 2.75) is 62.7 Å². The van der Waals surface area contributed by atoms with E-state index in [1.54, 1.807) is 0 Å². The average Bonchev–Trinajstić information content (AvgIpc) is 2.87. The van der Waals surface area contributed by atoms with Gasteiger partial charge in [-0.2, -0.15) is 11.8 Å². The summed E-state index contributed by atoms with van der Waals surface area (Å²) in [7, 11) is 0. The first-order valence-corrected chi connectivity index (χ1v) is 9.01. The Morgan fingerprint density at radius 3 is 2.67 bits per heavy atom. The van der Waals surface area contributed by atoms with Gasteiger partial charge in [0.2, 0.25) is 0 Å². The van der Waals surface area contributed by atoms with Crippen LogP contribution in [0, 0.1) is 5.92 Å². The average molecular weight is 271 g/mol. The maximum Gasteiger partial charge on any atom is 0.0468 e. The molecule has 1 aliphatic heterocycles. The van der Waals surface area contributed by atoms with Crippen LogP contribution in [0.5, 0.6) is 0 Å². The largest absolute Gasteiger partial charge is 0.381 e. The first-order valence-electron chi connectivity index (χ1n) is 7.72. The zero-order valence-electron chi connectivity index (χ0n) is 11.8. The maximum absolute atomic E-state index is 5.40. The highest BCUT2D eigenvalue weighted by Crippen LogP contribution is 2.28. The van der Waals surface area contributed by atoms with Gasteiger partial charge in [0.15, 0.2) is 0 Å². The zero-order chi connectivity index (χ0) is 12.6. The van der Waals surface area contributed by atoms with Crippen LogP contribution < -0.4 is 5.32 Å². The Hall–Kier alpha value is 0.270. The van der Waals surface area contributed by atoms with E-state index in [9.17, 15) is 0 Å². The zero-order valence-corrected chi connectivity index (χ0v) is 12.6. The molecule has 0 aromatic heterocycles. The van der Waals surface area contributed by atoms with E-state index in [2.05, 4.69) is 11.6 Å². The normalized spacial score (nSPS) is 29.8. The van der Waals surface area contributed by atoms with E-state index in [1.807, 2.05) is 11.8 Å². The van der Waals surface area contributed by atoms with Crippen molar-refractivity contribution < 1.29 is 4.74 Å². The van der Waals surface area contributed by atoms with E-state index < -0.39 is 0 Å². The Morgan fingerprint density at radius 1 is 1.11 bits per heavy atom. The lowest BCUT2D eigenvalue weighted by Gasteiger charge is -2.21. The van der Waals surface area contributed by atoms with Gasteiger partial charge in [-0.25, -0.2) is 0 Å². The third-order valence-corrected chi connectivity index (χ3v) is 5.63. The number of thioether (sulfide) groups is 1. The number of ether oxygens (including phenoxy) is 1. The molecule has 2 rings (SSSR count). The standard InChI is InChI=1S/C15H29NOS/c1-18-15-6-5-14(12-15)16-9-3-2-4-13-7-10-17-11-8-13/h13-16H,2-12H2,1H3. The molecular weight excluding hydrogens is 242 g/mol. The molecule has 2 atom stereocenters. The molecule has 2 nitrogen and oxygen atoms in total. The van der Waals surface area contributed by atoms with Crippen molar-refractivity contribution in [1.29, 1.82) is 0 Å². The summed E-state index contributed by atoms with van der Waals surface area (Å²) in [6.45, 7) is 3.23. The minimum atomic E-state index is 0.811. The minimum absolute atomic E-state index is 0.811. The summed E-state index contributed by atoms with van der Waals surface area (Å²) in [6, 6.07) is 0.811. The Kier molecular flexibility index (Phi) is 6.88. The maximum atomic E-state index is 5.40. The van der Waals surface area contributed by atoms with Gasteiger partial charge >= 0.3 is 0 Å². The van der Waals surface area contributed by atoms with Gasteiger partial charge in [0.1, 0.15) is 0 Å². The van der Waals surface area contributed by atoms with E-state index in [1.165, 1.54) is 57.9 Å². The first kappa shape index (κ1) is 14.7. The summed E-state index contributed by atoms with van der Waals surface area (Å²) < 4.78 is 5.40. The molecular formula is C15H29NOS. The Morgan fingerprint density at radius 2 is 1.94 bits per heavy atom. The Labute approximate surface area is 117 Å². The quantitative estimate of drug-likeness (QED) is 0.717. The smallest absolute Gasteiger partial charge is 0.0468 e. The summed E-state index contributed by atoms with van der Waals surface area (Å²) in [5.74, 6) is 0.950. The van der Waals surface area contributed by atoms with Crippen molar-refractivity contribution >= 4 is 11.8 Å². The van der Waals surface area contributed by atoms with Crippen molar-refractivity contribution in [3.8, 4) is 0 Å². The highest BCUT2D eigenvalue weighted by Gasteiger charge is 2.22. The van der Waals surface area contributed by atoms with Gasteiger partial charge in [0, 0.05) is 24.5 Å². The van der Waals surface area contributed by atoms with E-state index in [-0.39, 0.29) is 0 Å². The molecule has 0 bridgehead atoms. The second-order valence-electron chi connectivity index (χ2n) is 5.87. The van der Waals surface area contributed by atoms with E-state index >= 15 is 0 Å². The predicted molar refractivity (Wildman–Crippen MR) is 80.3 cm³/mol. The van der Waals surface area contributed by atoms with Crippen LogP contribution in [0.4, 0.5) is 0 Å². The van der Waals surface area contributed by atoms with Crippen LogP contribution in [-0.2, 0) is 4.74 Å². The van der Waals surface area contributed by atoms with E-state index in [4.69, 9.17) is 4.74 Å². The van der Waals surface area contributed by atoms with Crippen molar-refractivity contribution in [2.75, 3.05) is 26.0 Å². The molecule has 18 heavy (non-hydrogen) atoms. The van der Waals surface area contributed by atoms with Crippen LogP contribution in [0.3, 0.4) is 0 Å². The monoisotopic (exact) mass is 271 g/mol. The molecule has 1 aliphatic carbocycles. The molecule has 1 heterocycles. The highest BCUT2D eigenvalue weighted by molar-refractivity contribution is 7.99. The lowest BCUT2D eigenvalue weighted by molar-refractivity contribution is 0.0631. The topological polar surface area (TPSA) is 21.3 Å². The third kappa shape index (κ3) is 5.10.